The van der Waals surface area contributed by atoms with Crippen LogP contribution in [0.25, 0.3) is 0 Å². The summed E-state index contributed by atoms with van der Waals surface area (Å²) in [7, 11) is 0. The van der Waals surface area contributed by atoms with Gasteiger partial charge in [0.2, 0.25) is 0 Å². The lowest BCUT2D eigenvalue weighted by atomic mass is 9.35. The predicted molar refractivity (Wildman–Crippen MR) is 167 cm³/mol. The Labute approximate surface area is 259 Å². The summed E-state index contributed by atoms with van der Waals surface area (Å²) in [5, 5.41) is 52.9. The maximum absolute atomic E-state index is 12.0. The summed E-state index contributed by atoms with van der Waals surface area (Å²) in [4.78, 5) is 0. The second kappa shape index (κ2) is 11.8. The highest BCUT2D eigenvalue weighted by Gasteiger charge is 2.70. The summed E-state index contributed by atoms with van der Waals surface area (Å²) in [6.07, 6.45) is 5.90. The van der Waals surface area contributed by atoms with Crippen molar-refractivity contribution in [2.24, 2.45) is 45.3 Å². The van der Waals surface area contributed by atoms with Gasteiger partial charge in [0, 0.05) is 0 Å². The van der Waals surface area contributed by atoms with E-state index in [0.29, 0.717) is 17.8 Å². The predicted octanol–water partition coefficient (Wildman–Crippen LogP) is 5.13. The second-order valence-corrected chi connectivity index (χ2v) is 16.6. The van der Waals surface area contributed by atoms with E-state index in [0.717, 1.165) is 51.4 Å². The van der Waals surface area contributed by atoms with Gasteiger partial charge >= 0.3 is 0 Å². The topological polar surface area (TPSA) is 120 Å². The maximum atomic E-state index is 12.0. The van der Waals surface area contributed by atoms with Crippen LogP contribution in [0.5, 0.6) is 0 Å². The van der Waals surface area contributed by atoms with E-state index in [1.54, 1.807) is 0 Å². The van der Waals surface area contributed by atoms with Crippen LogP contribution in [0.2, 0.25) is 0 Å². The van der Waals surface area contributed by atoms with Crippen LogP contribution >= 0.6 is 0 Å². The molecule has 43 heavy (non-hydrogen) atoms. The van der Waals surface area contributed by atoms with Crippen molar-refractivity contribution in [2.45, 2.75) is 150 Å². The molecule has 0 bridgehead atoms. The molecule has 246 valence electrons. The van der Waals surface area contributed by atoms with Crippen LogP contribution < -0.4 is 0 Å². The van der Waals surface area contributed by atoms with Crippen LogP contribution in [-0.4, -0.2) is 75.1 Å². The van der Waals surface area contributed by atoms with E-state index < -0.39 is 37.3 Å². The van der Waals surface area contributed by atoms with Crippen molar-refractivity contribution in [1.82, 2.24) is 0 Å². The Kier molecular flexibility index (Phi) is 9.19. The molecule has 0 unspecified atom stereocenters. The Morgan fingerprint density at radius 3 is 2.14 bits per heavy atom. The zero-order chi connectivity index (χ0) is 31.7. The molecular formula is C36H60O7. The molecule has 5 rings (SSSR count). The monoisotopic (exact) mass is 604 g/mol. The smallest absolute Gasteiger partial charge is 0.186 e. The Morgan fingerprint density at radius 2 is 1.49 bits per heavy atom. The summed E-state index contributed by atoms with van der Waals surface area (Å²) in [6, 6.07) is 0. The van der Waals surface area contributed by atoms with Gasteiger partial charge in [-0.1, -0.05) is 57.9 Å². The normalized spacial score (nSPS) is 51.3. The fourth-order valence-electron chi connectivity index (χ4n) is 11.5. The van der Waals surface area contributed by atoms with Gasteiger partial charge in [0.25, 0.3) is 0 Å². The Bertz CT molecular complexity index is 1080. The molecule has 5 aliphatic rings. The van der Waals surface area contributed by atoms with Gasteiger partial charge in [-0.2, -0.15) is 0 Å². The van der Waals surface area contributed by atoms with Gasteiger partial charge in [-0.3, -0.25) is 0 Å². The highest BCUT2D eigenvalue weighted by molar-refractivity contribution is 5.23. The SMILES string of the molecule is CC(C)=CC/C=C(/C)[C@H]1CC[C@]2(C)[C@@H]1[C@H](O)C[C@@H]1[C@@]3(C)CC[C@H](O[C@@H]4O[C@H](CO)[C@@H](O)[C@H](O)[C@H]4O)C(C)(C)[C@@H]3CC[C@]12C. The van der Waals surface area contributed by atoms with E-state index in [9.17, 15) is 25.5 Å². The van der Waals surface area contributed by atoms with E-state index in [4.69, 9.17) is 9.47 Å². The molecular weight excluding hydrogens is 544 g/mol. The Hall–Kier alpha value is -0.800. The molecule has 14 atom stereocenters. The van der Waals surface area contributed by atoms with E-state index in [1.807, 2.05) is 0 Å². The van der Waals surface area contributed by atoms with E-state index in [-0.39, 0.29) is 39.8 Å². The molecule has 4 aliphatic carbocycles. The zero-order valence-corrected chi connectivity index (χ0v) is 27.9. The highest BCUT2D eigenvalue weighted by atomic mass is 16.7. The molecule has 0 aromatic carbocycles. The van der Waals surface area contributed by atoms with E-state index in [2.05, 4.69) is 67.5 Å². The number of ether oxygens (including phenoxy) is 2. The Balaban J connectivity index is 1.38. The lowest BCUT2D eigenvalue weighted by Crippen LogP contribution is -2.67. The molecule has 0 spiro atoms. The molecule has 1 aliphatic heterocycles. The largest absolute Gasteiger partial charge is 0.394 e. The first kappa shape index (κ1) is 33.6. The average Bonchev–Trinajstić information content (AvgIpc) is 3.31. The third-order valence-electron chi connectivity index (χ3n) is 14.0. The van der Waals surface area contributed by atoms with E-state index >= 15 is 0 Å². The second-order valence-electron chi connectivity index (χ2n) is 16.6. The molecule has 4 saturated carbocycles. The van der Waals surface area contributed by atoms with Crippen molar-refractivity contribution < 1.29 is 35.0 Å². The quantitative estimate of drug-likeness (QED) is 0.211. The number of fused-ring (bicyclic) bond motifs is 5. The maximum Gasteiger partial charge on any atom is 0.186 e. The first-order valence-electron chi connectivity index (χ1n) is 17.0. The minimum Gasteiger partial charge on any atom is -0.394 e. The summed E-state index contributed by atoms with van der Waals surface area (Å²) < 4.78 is 12.2. The minimum absolute atomic E-state index is 0.0348. The van der Waals surface area contributed by atoms with Gasteiger partial charge in [-0.05, 0) is 117 Å². The number of rotatable bonds is 6. The number of hydrogen-bond donors (Lipinski definition) is 5. The molecule has 7 heteroatoms. The van der Waals surface area contributed by atoms with Crippen LogP contribution in [0, 0.1) is 45.3 Å². The molecule has 1 heterocycles. The summed E-state index contributed by atoms with van der Waals surface area (Å²) in [6.45, 7) is 18.2. The first-order valence-corrected chi connectivity index (χ1v) is 17.0. The number of allylic oxidation sites excluding steroid dienone is 4. The first-order chi connectivity index (χ1) is 20.0. The molecule has 5 fully saturated rings. The van der Waals surface area contributed by atoms with Crippen molar-refractivity contribution in [2.75, 3.05) is 6.61 Å². The van der Waals surface area contributed by atoms with Crippen molar-refractivity contribution in [3.63, 3.8) is 0 Å². The van der Waals surface area contributed by atoms with Crippen LogP contribution in [-0.2, 0) is 9.47 Å². The van der Waals surface area contributed by atoms with Crippen LogP contribution in [0.15, 0.2) is 23.3 Å². The number of aliphatic hydroxyl groups excluding tert-OH is 5. The van der Waals surface area contributed by atoms with Gasteiger partial charge in [0.1, 0.15) is 24.4 Å². The summed E-state index contributed by atoms with van der Waals surface area (Å²) in [5.74, 6) is 1.48. The molecule has 5 N–H and O–H groups in total. The van der Waals surface area contributed by atoms with Crippen molar-refractivity contribution in [3.8, 4) is 0 Å². The van der Waals surface area contributed by atoms with Gasteiger partial charge in [-0.25, -0.2) is 0 Å². The number of hydrogen-bond acceptors (Lipinski definition) is 7. The lowest BCUT2D eigenvalue weighted by Gasteiger charge is -2.70. The Morgan fingerprint density at radius 1 is 0.814 bits per heavy atom. The average molecular weight is 605 g/mol. The van der Waals surface area contributed by atoms with Crippen LogP contribution in [0.3, 0.4) is 0 Å². The number of aliphatic hydroxyl groups is 5. The van der Waals surface area contributed by atoms with Crippen molar-refractivity contribution in [1.29, 1.82) is 0 Å². The molecule has 0 aromatic rings. The molecule has 0 aromatic heterocycles. The van der Waals surface area contributed by atoms with Gasteiger partial charge in [0.15, 0.2) is 6.29 Å². The summed E-state index contributed by atoms with van der Waals surface area (Å²) >= 11 is 0. The molecule has 0 amide bonds. The molecule has 1 saturated heterocycles. The van der Waals surface area contributed by atoms with Crippen molar-refractivity contribution >= 4 is 0 Å². The fraction of sp³-hybridized carbons (Fsp3) is 0.889. The third-order valence-corrected chi connectivity index (χ3v) is 14.0. The van der Waals surface area contributed by atoms with Gasteiger partial charge in [-0.15, -0.1) is 0 Å². The minimum atomic E-state index is -1.44. The summed E-state index contributed by atoms with van der Waals surface area (Å²) in [5.41, 5.74) is 2.80. The van der Waals surface area contributed by atoms with Gasteiger partial charge < -0.3 is 35.0 Å². The van der Waals surface area contributed by atoms with Gasteiger partial charge in [0.05, 0.1) is 18.8 Å². The van der Waals surface area contributed by atoms with Crippen LogP contribution in [0.1, 0.15) is 107 Å². The van der Waals surface area contributed by atoms with Crippen molar-refractivity contribution in [3.05, 3.63) is 23.3 Å². The fourth-order valence-corrected chi connectivity index (χ4v) is 11.5. The third kappa shape index (κ3) is 5.21. The van der Waals surface area contributed by atoms with Crippen LogP contribution in [0.4, 0.5) is 0 Å². The lowest BCUT2D eigenvalue weighted by molar-refractivity contribution is -0.331. The van der Waals surface area contributed by atoms with E-state index in [1.165, 1.54) is 11.1 Å². The molecule has 0 radical (unpaired) electrons. The molecule has 7 nitrogen and oxygen atoms in total. The highest BCUT2D eigenvalue weighted by Crippen LogP contribution is 2.75. The standard InChI is InChI=1S/C36H60O7/c1-20(2)10-9-11-21(3)22-12-16-36(8)28(22)23(38)18-26-34(6)15-14-27(33(4,5)25(34)13-17-35(26,36)7)43-32-31(41)30(40)29(39)24(19-37)42-32/h10-11,22-32,37-41H,9,12-19H2,1-8H3/b21-11-/t22-,23-,24-,25+,26-,27+,28+,29-,30+,31-,32+,34+,35-,36-/m1/s1. The zero-order valence-electron chi connectivity index (χ0n) is 27.9.